The summed E-state index contributed by atoms with van der Waals surface area (Å²) in [5.74, 6) is -2.50. The summed E-state index contributed by atoms with van der Waals surface area (Å²) in [6.45, 7) is 0. The lowest BCUT2D eigenvalue weighted by molar-refractivity contribution is -0.171. The number of allylic oxidation sites excluding steroid dienone is 1. The third kappa shape index (κ3) is 3.40. The van der Waals surface area contributed by atoms with Crippen molar-refractivity contribution in [2.24, 2.45) is 11.8 Å². The molecule has 1 aromatic carbocycles. The summed E-state index contributed by atoms with van der Waals surface area (Å²) in [6.07, 6.45) is -7.39. The highest BCUT2D eigenvalue weighted by Crippen LogP contribution is 2.50. The summed E-state index contributed by atoms with van der Waals surface area (Å²) in [5, 5.41) is 2.60. The van der Waals surface area contributed by atoms with E-state index >= 15 is 0 Å². The molecule has 1 amide bonds. The number of carbonyl (C=O) groups is 1. The molecule has 0 bridgehead atoms. The number of fused-ring (bicyclic) bond motifs is 2. The summed E-state index contributed by atoms with van der Waals surface area (Å²) in [6, 6.07) is 4.20. The fraction of sp³-hybridized carbons (Fsp3) is 0.450. The fourth-order valence-electron chi connectivity index (χ4n) is 4.70. The van der Waals surface area contributed by atoms with Crippen LogP contribution in [0.5, 0.6) is 0 Å². The van der Waals surface area contributed by atoms with E-state index < -0.39 is 35.8 Å². The molecular formula is C20H18F6N2O. The summed E-state index contributed by atoms with van der Waals surface area (Å²) in [5.41, 5.74) is 0.398. The van der Waals surface area contributed by atoms with E-state index in [1.165, 1.54) is 12.1 Å². The first kappa shape index (κ1) is 19.8. The average Bonchev–Trinajstić information content (AvgIpc) is 3.01. The highest BCUT2D eigenvalue weighted by atomic mass is 19.4. The van der Waals surface area contributed by atoms with Gasteiger partial charge in [-0.2, -0.15) is 26.3 Å². The molecule has 156 valence electrons. The van der Waals surface area contributed by atoms with E-state index in [2.05, 4.69) is 5.32 Å². The van der Waals surface area contributed by atoms with Gasteiger partial charge in [-0.25, -0.2) is 0 Å². The first-order chi connectivity index (χ1) is 13.5. The minimum atomic E-state index is -4.51. The van der Waals surface area contributed by atoms with Gasteiger partial charge in [0.1, 0.15) is 0 Å². The molecule has 4 rings (SSSR count). The van der Waals surface area contributed by atoms with Gasteiger partial charge in [-0.15, -0.1) is 0 Å². The third-order valence-electron chi connectivity index (χ3n) is 6.03. The fourth-order valence-corrected chi connectivity index (χ4v) is 4.70. The minimum Gasteiger partial charge on any atom is -0.371 e. The highest BCUT2D eigenvalue weighted by Gasteiger charge is 2.53. The Morgan fingerprint density at radius 1 is 1.14 bits per heavy atom. The lowest BCUT2D eigenvalue weighted by Crippen LogP contribution is -2.48. The van der Waals surface area contributed by atoms with Gasteiger partial charge in [-0.1, -0.05) is 18.2 Å². The van der Waals surface area contributed by atoms with E-state index in [1.54, 1.807) is 18.0 Å². The Morgan fingerprint density at radius 3 is 2.52 bits per heavy atom. The number of nitrogens with zero attached hydrogens (tertiary/aromatic N) is 1. The number of rotatable bonds is 1. The first-order valence-electron chi connectivity index (χ1n) is 9.17. The Labute approximate surface area is 163 Å². The number of hydrogen-bond acceptors (Lipinski definition) is 2. The van der Waals surface area contributed by atoms with Crippen LogP contribution in [0.4, 0.5) is 26.3 Å². The van der Waals surface area contributed by atoms with Crippen LogP contribution in [0.2, 0.25) is 0 Å². The van der Waals surface area contributed by atoms with Crippen molar-refractivity contribution in [2.45, 2.75) is 37.7 Å². The van der Waals surface area contributed by atoms with Crippen molar-refractivity contribution in [3.63, 3.8) is 0 Å². The number of halogens is 6. The van der Waals surface area contributed by atoms with Gasteiger partial charge in [0.2, 0.25) is 5.91 Å². The Hall–Kier alpha value is -2.45. The van der Waals surface area contributed by atoms with Crippen LogP contribution in [-0.4, -0.2) is 30.1 Å². The van der Waals surface area contributed by atoms with Gasteiger partial charge in [0.05, 0.1) is 17.9 Å². The predicted molar refractivity (Wildman–Crippen MR) is 93.0 cm³/mol. The predicted octanol–water partition coefficient (Wildman–Crippen LogP) is 4.72. The summed E-state index contributed by atoms with van der Waals surface area (Å²) < 4.78 is 80.2. The molecule has 29 heavy (non-hydrogen) atoms. The van der Waals surface area contributed by atoms with Gasteiger partial charge in [-0.05, 0) is 36.1 Å². The van der Waals surface area contributed by atoms with E-state index in [-0.39, 0.29) is 24.3 Å². The number of carbonyl (C=O) groups excluding carboxylic acids is 1. The normalized spacial score (nSPS) is 27.4. The van der Waals surface area contributed by atoms with Gasteiger partial charge >= 0.3 is 12.4 Å². The molecule has 3 unspecified atom stereocenters. The Bertz CT molecular complexity index is 914. The molecule has 3 atom stereocenters. The van der Waals surface area contributed by atoms with Crippen molar-refractivity contribution in [2.75, 3.05) is 7.05 Å². The lowest BCUT2D eigenvalue weighted by Gasteiger charge is -2.46. The van der Waals surface area contributed by atoms with Crippen molar-refractivity contribution < 1.29 is 31.1 Å². The van der Waals surface area contributed by atoms with E-state index in [9.17, 15) is 31.1 Å². The molecule has 1 aliphatic carbocycles. The quantitative estimate of drug-likeness (QED) is 0.672. The number of benzene rings is 1. The van der Waals surface area contributed by atoms with Gasteiger partial charge in [0, 0.05) is 30.4 Å². The van der Waals surface area contributed by atoms with Gasteiger partial charge in [0.25, 0.3) is 0 Å². The average molecular weight is 416 g/mol. The molecule has 9 heteroatoms. The maximum absolute atomic E-state index is 13.7. The number of nitrogens with one attached hydrogen (secondary N) is 1. The molecule has 0 spiro atoms. The lowest BCUT2D eigenvalue weighted by atomic mass is 9.72. The first-order valence-corrected chi connectivity index (χ1v) is 9.17. The molecule has 0 aromatic heterocycles. The van der Waals surface area contributed by atoms with E-state index in [0.717, 1.165) is 12.1 Å². The zero-order valence-corrected chi connectivity index (χ0v) is 15.4. The Balaban J connectivity index is 1.71. The molecule has 0 radical (unpaired) electrons. The van der Waals surface area contributed by atoms with Gasteiger partial charge in [-0.3, -0.25) is 4.79 Å². The van der Waals surface area contributed by atoms with Gasteiger partial charge < -0.3 is 10.2 Å². The zero-order valence-electron chi connectivity index (χ0n) is 15.4. The third-order valence-corrected chi connectivity index (χ3v) is 6.03. The molecule has 2 aliphatic heterocycles. The Morgan fingerprint density at radius 2 is 1.86 bits per heavy atom. The molecule has 0 fully saturated rings. The standard InChI is InChI=1S/C20H18F6N2O/c1-28-15(10-3-2-4-11(7-10)19(21,22)23)6-5-12-16(28)9-14(20(24,25)26)13-8-17(29)27-18(12)13/h2-4,6-7,12,14,16H,5,8-9H2,1H3,(H,27,29). The van der Waals surface area contributed by atoms with Crippen LogP contribution in [0.25, 0.3) is 5.70 Å². The van der Waals surface area contributed by atoms with Crippen LogP contribution in [0.15, 0.2) is 41.6 Å². The maximum Gasteiger partial charge on any atom is 0.416 e. The second-order valence-corrected chi connectivity index (χ2v) is 7.68. The topological polar surface area (TPSA) is 32.3 Å². The number of hydrogen-bond donors (Lipinski definition) is 1. The van der Waals surface area contributed by atoms with E-state index in [0.29, 0.717) is 23.4 Å². The smallest absolute Gasteiger partial charge is 0.371 e. The van der Waals surface area contributed by atoms with Crippen LogP contribution in [0.1, 0.15) is 30.4 Å². The second-order valence-electron chi connectivity index (χ2n) is 7.68. The van der Waals surface area contributed by atoms with Crippen molar-refractivity contribution in [3.05, 3.63) is 52.7 Å². The van der Waals surface area contributed by atoms with Crippen LogP contribution in [0, 0.1) is 11.8 Å². The molecule has 1 N–H and O–H groups in total. The highest BCUT2D eigenvalue weighted by molar-refractivity contribution is 5.85. The number of amides is 1. The number of alkyl halides is 6. The van der Waals surface area contributed by atoms with E-state index in [1.807, 2.05) is 0 Å². The summed E-state index contributed by atoms with van der Waals surface area (Å²) in [7, 11) is 1.60. The minimum absolute atomic E-state index is 0.105. The van der Waals surface area contributed by atoms with Crippen LogP contribution in [0.3, 0.4) is 0 Å². The van der Waals surface area contributed by atoms with Crippen molar-refractivity contribution >= 4 is 11.6 Å². The van der Waals surface area contributed by atoms with Crippen LogP contribution in [-0.2, 0) is 11.0 Å². The Kier molecular flexibility index (Phi) is 4.47. The summed E-state index contributed by atoms with van der Waals surface area (Å²) in [4.78, 5) is 13.4. The molecule has 2 heterocycles. The summed E-state index contributed by atoms with van der Waals surface area (Å²) >= 11 is 0. The maximum atomic E-state index is 13.7. The largest absolute Gasteiger partial charge is 0.416 e. The van der Waals surface area contributed by atoms with Crippen LogP contribution >= 0.6 is 0 Å². The molecule has 0 saturated carbocycles. The van der Waals surface area contributed by atoms with Crippen molar-refractivity contribution in [1.82, 2.24) is 10.2 Å². The molecule has 3 aliphatic rings. The molecular weight excluding hydrogens is 398 g/mol. The van der Waals surface area contributed by atoms with Crippen molar-refractivity contribution in [1.29, 1.82) is 0 Å². The van der Waals surface area contributed by atoms with Crippen LogP contribution < -0.4 is 5.32 Å². The van der Waals surface area contributed by atoms with Gasteiger partial charge in [0.15, 0.2) is 0 Å². The molecule has 3 nitrogen and oxygen atoms in total. The van der Waals surface area contributed by atoms with E-state index in [4.69, 9.17) is 0 Å². The SMILES string of the molecule is CN1C(c2cccc(C(F)(F)F)c2)=CCC2C3=C(CC(=O)N3)C(C(F)(F)F)CC21. The zero-order chi connectivity index (χ0) is 21.1. The monoisotopic (exact) mass is 416 g/mol. The molecule has 0 saturated heterocycles. The van der Waals surface area contributed by atoms with Crippen molar-refractivity contribution in [3.8, 4) is 0 Å². The second kappa shape index (κ2) is 6.53. The molecule has 1 aromatic rings.